The van der Waals surface area contributed by atoms with Gasteiger partial charge in [0, 0.05) is 31.4 Å². The quantitative estimate of drug-likeness (QED) is 0.539. The lowest BCUT2D eigenvalue weighted by Gasteiger charge is -2.12. The summed E-state index contributed by atoms with van der Waals surface area (Å²) in [5.41, 5.74) is -0.896. The summed E-state index contributed by atoms with van der Waals surface area (Å²) in [7, 11) is 1.53. The van der Waals surface area contributed by atoms with Crippen LogP contribution in [0.15, 0.2) is 10.4 Å². The van der Waals surface area contributed by atoms with Gasteiger partial charge in [0.15, 0.2) is 11.7 Å². The van der Waals surface area contributed by atoms with Crippen LogP contribution in [0.2, 0.25) is 0 Å². The lowest BCUT2D eigenvalue weighted by molar-refractivity contribution is -0.140. The Labute approximate surface area is 136 Å². The largest absolute Gasteiger partial charge is 0.434 e. The number of guanidine groups is 1. The predicted octanol–water partition coefficient (Wildman–Crippen LogP) is 1.74. The van der Waals surface area contributed by atoms with E-state index in [0.29, 0.717) is 17.5 Å². The number of rotatable bonds is 6. The molecule has 1 rings (SSSR count). The monoisotopic (exact) mass is 351 g/mol. The van der Waals surface area contributed by atoms with Gasteiger partial charge in [0.05, 0.1) is 6.54 Å². The molecule has 3 N–H and O–H groups in total. The van der Waals surface area contributed by atoms with E-state index < -0.39 is 11.9 Å². The molecular weight excluding hydrogens is 331 g/mol. The summed E-state index contributed by atoms with van der Waals surface area (Å²) in [4.78, 5) is 18.9. The fraction of sp³-hybridized carbons (Fsp3) is 0.615. The summed E-state index contributed by atoms with van der Waals surface area (Å²) in [6, 6.07) is 0.0765. The molecule has 0 aliphatic carbocycles. The third-order valence-electron chi connectivity index (χ3n) is 2.57. The Kier molecular flexibility index (Phi) is 7.27. The van der Waals surface area contributed by atoms with E-state index in [4.69, 9.17) is 0 Å². The van der Waals surface area contributed by atoms with Crippen molar-refractivity contribution in [2.75, 3.05) is 13.6 Å². The summed E-state index contributed by atoms with van der Waals surface area (Å²) in [5.74, 6) is 0.309. The van der Waals surface area contributed by atoms with E-state index in [1.165, 1.54) is 7.05 Å². The van der Waals surface area contributed by atoms with Gasteiger partial charge in [0.2, 0.25) is 5.91 Å². The second-order valence-corrected chi connectivity index (χ2v) is 5.89. The fourth-order valence-corrected chi connectivity index (χ4v) is 2.33. The smallest absolute Gasteiger partial charge is 0.356 e. The van der Waals surface area contributed by atoms with Crippen LogP contribution in [-0.4, -0.2) is 36.5 Å². The second kappa shape index (κ2) is 8.70. The number of hydrogen-bond acceptors (Lipinski definition) is 4. The predicted molar refractivity (Wildman–Crippen MR) is 83.2 cm³/mol. The molecule has 10 heteroatoms. The summed E-state index contributed by atoms with van der Waals surface area (Å²) in [6.07, 6.45) is -4.16. The number of aromatic nitrogens is 1. The number of amides is 1. The number of nitrogens with one attached hydrogen (secondary N) is 3. The van der Waals surface area contributed by atoms with Gasteiger partial charge in [0.25, 0.3) is 0 Å². The number of thiazole rings is 1. The summed E-state index contributed by atoms with van der Waals surface area (Å²) < 4.78 is 37.3. The van der Waals surface area contributed by atoms with Gasteiger partial charge in [-0.25, -0.2) is 4.98 Å². The van der Waals surface area contributed by atoms with Crippen molar-refractivity contribution in [3.05, 3.63) is 16.1 Å². The molecule has 0 aromatic carbocycles. The summed E-state index contributed by atoms with van der Waals surface area (Å²) >= 11 is 0.924. The van der Waals surface area contributed by atoms with Crippen molar-refractivity contribution in [1.82, 2.24) is 20.9 Å². The highest BCUT2D eigenvalue weighted by Crippen LogP contribution is 2.29. The third-order valence-corrected chi connectivity index (χ3v) is 3.42. The van der Waals surface area contributed by atoms with E-state index >= 15 is 0 Å². The molecule has 1 amide bonds. The van der Waals surface area contributed by atoms with Crippen LogP contribution in [0.25, 0.3) is 0 Å². The molecule has 130 valence electrons. The average molecular weight is 351 g/mol. The zero-order valence-electron chi connectivity index (χ0n) is 13.1. The molecule has 0 spiro atoms. The molecular formula is C13H20F3N5OS. The maximum Gasteiger partial charge on any atom is 0.434 e. The van der Waals surface area contributed by atoms with E-state index in [9.17, 15) is 18.0 Å². The Morgan fingerprint density at radius 1 is 1.39 bits per heavy atom. The van der Waals surface area contributed by atoms with E-state index in [2.05, 4.69) is 25.9 Å². The second-order valence-electron chi connectivity index (χ2n) is 4.95. The lowest BCUT2D eigenvalue weighted by atomic mass is 10.3. The zero-order chi connectivity index (χ0) is 17.5. The van der Waals surface area contributed by atoms with Crippen molar-refractivity contribution >= 4 is 23.2 Å². The maximum atomic E-state index is 12.4. The van der Waals surface area contributed by atoms with Crippen LogP contribution in [0.3, 0.4) is 0 Å². The maximum absolute atomic E-state index is 12.4. The minimum Gasteiger partial charge on any atom is -0.356 e. The Morgan fingerprint density at radius 2 is 2.09 bits per heavy atom. The molecule has 0 radical (unpaired) electrons. The molecule has 0 saturated carbocycles. The van der Waals surface area contributed by atoms with Gasteiger partial charge in [-0.1, -0.05) is 0 Å². The minimum atomic E-state index is -4.43. The molecule has 23 heavy (non-hydrogen) atoms. The van der Waals surface area contributed by atoms with Crippen LogP contribution in [0.1, 0.15) is 31.0 Å². The van der Waals surface area contributed by atoms with Crippen LogP contribution in [0.4, 0.5) is 13.2 Å². The molecule has 0 atom stereocenters. The van der Waals surface area contributed by atoms with Crippen LogP contribution in [-0.2, 0) is 17.5 Å². The Balaban J connectivity index is 2.37. The standard InChI is InChI=1S/C13H20F3N5OS/c1-8(2)20-10(22)4-5-18-12(17-3)19-6-11-21-9(7-23-11)13(14,15)16/h7-8H,4-6H2,1-3H3,(H,20,22)(H2,17,18,19). The van der Waals surface area contributed by atoms with Gasteiger partial charge in [-0.05, 0) is 13.8 Å². The molecule has 1 aromatic rings. The summed E-state index contributed by atoms with van der Waals surface area (Å²) in [6.45, 7) is 4.23. The number of hydrogen-bond donors (Lipinski definition) is 3. The van der Waals surface area contributed by atoms with E-state index in [-0.39, 0.29) is 24.9 Å². The van der Waals surface area contributed by atoms with Gasteiger partial charge >= 0.3 is 6.18 Å². The van der Waals surface area contributed by atoms with E-state index in [1.807, 2.05) is 13.8 Å². The van der Waals surface area contributed by atoms with Crippen LogP contribution >= 0.6 is 11.3 Å². The summed E-state index contributed by atoms with van der Waals surface area (Å²) in [5, 5.41) is 9.80. The molecule has 1 aromatic heterocycles. The van der Waals surface area contributed by atoms with Crippen molar-refractivity contribution in [3.63, 3.8) is 0 Å². The molecule has 6 nitrogen and oxygen atoms in total. The van der Waals surface area contributed by atoms with Gasteiger partial charge in [0.1, 0.15) is 5.01 Å². The lowest BCUT2D eigenvalue weighted by Crippen LogP contribution is -2.39. The molecule has 0 saturated heterocycles. The number of carbonyl (C=O) groups is 1. The highest BCUT2D eigenvalue weighted by Gasteiger charge is 2.33. The number of halogens is 3. The van der Waals surface area contributed by atoms with E-state index in [0.717, 1.165) is 16.7 Å². The molecule has 0 aliphatic heterocycles. The Hall–Kier alpha value is -1.84. The minimum absolute atomic E-state index is 0.0765. The fourth-order valence-electron chi connectivity index (χ4n) is 1.59. The number of aliphatic imine (C=N–C) groups is 1. The van der Waals surface area contributed by atoms with Crippen LogP contribution in [0, 0.1) is 0 Å². The topological polar surface area (TPSA) is 78.4 Å². The average Bonchev–Trinajstić information content (AvgIpc) is 2.90. The van der Waals surface area contributed by atoms with Crippen LogP contribution < -0.4 is 16.0 Å². The first-order valence-electron chi connectivity index (χ1n) is 6.98. The zero-order valence-corrected chi connectivity index (χ0v) is 13.9. The first kappa shape index (κ1) is 19.2. The van der Waals surface area contributed by atoms with Gasteiger partial charge in [-0.15, -0.1) is 11.3 Å². The number of alkyl halides is 3. The first-order valence-corrected chi connectivity index (χ1v) is 7.85. The van der Waals surface area contributed by atoms with Crippen LogP contribution in [0.5, 0.6) is 0 Å². The van der Waals surface area contributed by atoms with Crippen molar-refractivity contribution in [2.45, 2.75) is 39.0 Å². The SMILES string of the molecule is CN=C(NCCC(=O)NC(C)C)NCc1nc(C(F)(F)F)cs1. The van der Waals surface area contributed by atoms with Gasteiger partial charge in [-0.3, -0.25) is 9.79 Å². The molecule has 0 unspecified atom stereocenters. The molecule has 0 bridgehead atoms. The van der Waals surface area contributed by atoms with E-state index in [1.54, 1.807) is 0 Å². The molecule has 0 aliphatic rings. The normalized spacial score (nSPS) is 12.4. The first-order chi connectivity index (χ1) is 10.7. The van der Waals surface area contributed by atoms with Gasteiger partial charge < -0.3 is 16.0 Å². The molecule has 0 fully saturated rings. The highest BCUT2D eigenvalue weighted by atomic mass is 32.1. The highest BCUT2D eigenvalue weighted by molar-refractivity contribution is 7.09. The molecule has 1 heterocycles. The Morgan fingerprint density at radius 3 is 2.61 bits per heavy atom. The Bertz CT molecular complexity index is 542. The third kappa shape index (κ3) is 7.31. The number of carbonyl (C=O) groups excluding carboxylic acids is 1. The number of nitrogens with zero attached hydrogens (tertiary/aromatic N) is 2. The van der Waals surface area contributed by atoms with Gasteiger partial charge in [-0.2, -0.15) is 13.2 Å². The van der Waals surface area contributed by atoms with Crippen molar-refractivity contribution < 1.29 is 18.0 Å². The van der Waals surface area contributed by atoms with Crippen molar-refractivity contribution in [2.24, 2.45) is 4.99 Å². The van der Waals surface area contributed by atoms with Crippen molar-refractivity contribution in [3.8, 4) is 0 Å². The van der Waals surface area contributed by atoms with Crippen molar-refractivity contribution in [1.29, 1.82) is 0 Å².